The van der Waals surface area contributed by atoms with Gasteiger partial charge in [-0.3, -0.25) is 4.79 Å². The zero-order valence-electron chi connectivity index (χ0n) is 15.7. The Kier molecular flexibility index (Phi) is 5.77. The van der Waals surface area contributed by atoms with Crippen molar-refractivity contribution in [2.45, 2.75) is 26.9 Å². The third-order valence-electron chi connectivity index (χ3n) is 4.17. The molecule has 1 atom stereocenters. The largest absolute Gasteiger partial charge is 0.480 e. The second kappa shape index (κ2) is 8.41. The summed E-state index contributed by atoms with van der Waals surface area (Å²) in [5, 5.41) is 2.87. The molecule has 0 fully saturated rings. The maximum atomic E-state index is 12.4. The number of amides is 1. The average Bonchev–Trinajstić information content (AvgIpc) is 2.67. The first-order chi connectivity index (χ1) is 13.0. The molecule has 0 saturated heterocycles. The van der Waals surface area contributed by atoms with Gasteiger partial charge in [-0.05, 0) is 68.3 Å². The number of carbonyl (C=O) groups is 1. The van der Waals surface area contributed by atoms with Gasteiger partial charge in [0.1, 0.15) is 17.2 Å². The Morgan fingerprint density at radius 1 is 0.815 bits per heavy atom. The summed E-state index contributed by atoms with van der Waals surface area (Å²) >= 11 is 0. The quantitative estimate of drug-likeness (QED) is 0.630. The highest BCUT2D eigenvalue weighted by atomic mass is 16.5. The first-order valence-electron chi connectivity index (χ1n) is 8.89. The Hall–Kier alpha value is -3.27. The first-order valence-corrected chi connectivity index (χ1v) is 8.89. The van der Waals surface area contributed by atoms with E-state index in [1.807, 2.05) is 86.6 Å². The smallest absolute Gasteiger partial charge is 0.265 e. The second-order valence-corrected chi connectivity index (χ2v) is 6.41. The third kappa shape index (κ3) is 4.88. The second-order valence-electron chi connectivity index (χ2n) is 6.41. The molecule has 0 unspecified atom stereocenters. The Morgan fingerprint density at radius 2 is 1.41 bits per heavy atom. The number of anilines is 1. The molecule has 0 spiro atoms. The number of benzene rings is 3. The summed E-state index contributed by atoms with van der Waals surface area (Å²) in [5.41, 5.74) is 2.71. The molecule has 4 nitrogen and oxygen atoms in total. The maximum absolute atomic E-state index is 12.4. The number of aryl methyl sites for hydroxylation is 2. The fourth-order valence-corrected chi connectivity index (χ4v) is 2.69. The minimum atomic E-state index is -0.606. The van der Waals surface area contributed by atoms with Gasteiger partial charge in [-0.2, -0.15) is 0 Å². The molecule has 0 aliphatic rings. The van der Waals surface area contributed by atoms with Gasteiger partial charge in [0, 0.05) is 5.69 Å². The van der Waals surface area contributed by atoms with Gasteiger partial charge in [-0.1, -0.05) is 36.4 Å². The van der Waals surface area contributed by atoms with Crippen molar-refractivity contribution in [3.63, 3.8) is 0 Å². The van der Waals surface area contributed by atoms with Crippen LogP contribution in [0.5, 0.6) is 17.2 Å². The van der Waals surface area contributed by atoms with E-state index >= 15 is 0 Å². The predicted molar refractivity (Wildman–Crippen MR) is 108 cm³/mol. The molecular weight excluding hydrogens is 338 g/mol. The zero-order chi connectivity index (χ0) is 19.2. The van der Waals surface area contributed by atoms with Crippen LogP contribution in [-0.2, 0) is 4.79 Å². The van der Waals surface area contributed by atoms with Crippen LogP contribution in [0.25, 0.3) is 0 Å². The van der Waals surface area contributed by atoms with E-state index < -0.39 is 6.10 Å². The monoisotopic (exact) mass is 361 g/mol. The van der Waals surface area contributed by atoms with Crippen molar-refractivity contribution in [2.75, 3.05) is 5.32 Å². The van der Waals surface area contributed by atoms with Crippen molar-refractivity contribution < 1.29 is 14.3 Å². The molecule has 0 heterocycles. The number of hydrogen-bond acceptors (Lipinski definition) is 3. The van der Waals surface area contributed by atoms with E-state index in [4.69, 9.17) is 9.47 Å². The van der Waals surface area contributed by atoms with Gasteiger partial charge in [0.15, 0.2) is 6.10 Å². The number of ether oxygens (including phenoxy) is 2. The molecule has 1 N–H and O–H groups in total. The van der Waals surface area contributed by atoms with E-state index in [9.17, 15) is 4.79 Å². The molecule has 1 amide bonds. The Labute approximate surface area is 159 Å². The Bertz CT molecular complexity index is 884. The van der Waals surface area contributed by atoms with Crippen molar-refractivity contribution >= 4 is 11.6 Å². The van der Waals surface area contributed by atoms with Crippen molar-refractivity contribution in [3.8, 4) is 17.2 Å². The lowest BCUT2D eigenvalue weighted by molar-refractivity contribution is -0.122. The van der Waals surface area contributed by atoms with Crippen LogP contribution in [0.3, 0.4) is 0 Å². The maximum Gasteiger partial charge on any atom is 0.265 e. The summed E-state index contributed by atoms with van der Waals surface area (Å²) in [6.45, 7) is 5.69. The van der Waals surface area contributed by atoms with Crippen molar-refractivity contribution in [1.29, 1.82) is 0 Å². The van der Waals surface area contributed by atoms with Gasteiger partial charge in [0.2, 0.25) is 0 Å². The van der Waals surface area contributed by atoms with Crippen LogP contribution in [0, 0.1) is 13.8 Å². The van der Waals surface area contributed by atoms with Crippen LogP contribution < -0.4 is 14.8 Å². The number of rotatable bonds is 6. The normalized spacial score (nSPS) is 11.5. The molecule has 3 aromatic carbocycles. The molecule has 0 saturated carbocycles. The lowest BCUT2D eigenvalue weighted by atomic mass is 10.1. The first kappa shape index (κ1) is 18.5. The van der Waals surface area contributed by atoms with Crippen molar-refractivity contribution in [1.82, 2.24) is 0 Å². The van der Waals surface area contributed by atoms with Crippen molar-refractivity contribution in [3.05, 3.63) is 83.9 Å². The molecule has 4 heteroatoms. The number of carbonyl (C=O) groups excluding carboxylic acids is 1. The zero-order valence-corrected chi connectivity index (χ0v) is 15.7. The lowest BCUT2D eigenvalue weighted by Crippen LogP contribution is -2.30. The van der Waals surface area contributed by atoms with Crippen LogP contribution in [0.15, 0.2) is 72.8 Å². The molecule has 138 valence electrons. The van der Waals surface area contributed by atoms with Gasteiger partial charge in [0.05, 0.1) is 0 Å². The summed E-state index contributed by atoms with van der Waals surface area (Å²) in [5.74, 6) is 2.03. The highest BCUT2D eigenvalue weighted by Crippen LogP contribution is 2.25. The molecule has 0 radical (unpaired) electrons. The minimum Gasteiger partial charge on any atom is -0.480 e. The topological polar surface area (TPSA) is 47.6 Å². The van der Waals surface area contributed by atoms with E-state index in [1.54, 1.807) is 6.92 Å². The SMILES string of the molecule is Cc1cccc(C)c1O[C@@H](C)C(=O)Nc1ccc(Oc2ccccc2)cc1. The van der Waals surface area contributed by atoms with Gasteiger partial charge in [0.25, 0.3) is 5.91 Å². The fourth-order valence-electron chi connectivity index (χ4n) is 2.69. The van der Waals surface area contributed by atoms with Crippen LogP contribution >= 0.6 is 0 Å². The lowest BCUT2D eigenvalue weighted by Gasteiger charge is -2.18. The predicted octanol–water partition coefficient (Wildman–Crippen LogP) is 5.50. The summed E-state index contributed by atoms with van der Waals surface area (Å²) in [4.78, 5) is 12.4. The van der Waals surface area contributed by atoms with Gasteiger partial charge >= 0.3 is 0 Å². The van der Waals surface area contributed by atoms with Gasteiger partial charge in [-0.25, -0.2) is 0 Å². The van der Waals surface area contributed by atoms with Crippen LogP contribution in [0.2, 0.25) is 0 Å². The summed E-state index contributed by atoms with van der Waals surface area (Å²) in [6.07, 6.45) is -0.606. The molecule has 0 aliphatic heterocycles. The molecule has 0 aliphatic carbocycles. The van der Waals surface area contributed by atoms with Gasteiger partial charge < -0.3 is 14.8 Å². The van der Waals surface area contributed by atoms with Crippen LogP contribution in [0.4, 0.5) is 5.69 Å². The van der Waals surface area contributed by atoms with Crippen molar-refractivity contribution in [2.24, 2.45) is 0 Å². The molecule has 3 rings (SSSR count). The Morgan fingerprint density at radius 3 is 2.04 bits per heavy atom. The highest BCUT2D eigenvalue weighted by molar-refractivity contribution is 5.94. The number of para-hydroxylation sites is 2. The fraction of sp³-hybridized carbons (Fsp3) is 0.174. The third-order valence-corrected chi connectivity index (χ3v) is 4.17. The number of nitrogens with one attached hydrogen (secondary N) is 1. The molecule has 0 aromatic heterocycles. The van der Waals surface area contributed by atoms with E-state index in [0.717, 1.165) is 22.6 Å². The van der Waals surface area contributed by atoms with Crippen LogP contribution in [-0.4, -0.2) is 12.0 Å². The van der Waals surface area contributed by atoms with Gasteiger partial charge in [-0.15, -0.1) is 0 Å². The molecule has 27 heavy (non-hydrogen) atoms. The van der Waals surface area contributed by atoms with E-state index in [2.05, 4.69) is 5.32 Å². The summed E-state index contributed by atoms with van der Waals surface area (Å²) < 4.78 is 11.6. The summed E-state index contributed by atoms with van der Waals surface area (Å²) in [7, 11) is 0. The van der Waals surface area contributed by atoms with E-state index in [-0.39, 0.29) is 5.91 Å². The van der Waals surface area contributed by atoms with Crippen LogP contribution in [0.1, 0.15) is 18.1 Å². The van der Waals surface area contributed by atoms with E-state index in [1.165, 1.54) is 0 Å². The molecule has 3 aromatic rings. The number of hydrogen-bond donors (Lipinski definition) is 1. The van der Waals surface area contributed by atoms with E-state index in [0.29, 0.717) is 11.4 Å². The average molecular weight is 361 g/mol. The highest BCUT2D eigenvalue weighted by Gasteiger charge is 2.17. The standard InChI is InChI=1S/C23H23NO3/c1-16-8-7-9-17(2)22(16)26-18(3)23(25)24-19-12-14-21(15-13-19)27-20-10-5-4-6-11-20/h4-15,18H,1-3H3,(H,24,25)/t18-/m0/s1. The molecule has 0 bridgehead atoms. The summed E-state index contributed by atoms with van der Waals surface area (Å²) in [6, 6.07) is 22.7. The minimum absolute atomic E-state index is 0.200. The Balaban J connectivity index is 1.60. The molecular formula is C23H23NO3.